The first kappa shape index (κ1) is 23.5. The van der Waals surface area contributed by atoms with Crippen molar-refractivity contribution in [2.24, 2.45) is 0 Å². The molecule has 33 heavy (non-hydrogen) atoms. The van der Waals surface area contributed by atoms with Gasteiger partial charge in [-0.1, -0.05) is 36.4 Å². The lowest BCUT2D eigenvalue weighted by Gasteiger charge is -2.17. The SMILES string of the molecule is CC(OC(=O)[C@H](C)NC(=O)c1cccc([N+](=O)[O-])c1)C(=O)Nc1nc(-c2ccccc2)cs1. The van der Waals surface area contributed by atoms with E-state index in [0.717, 1.165) is 11.6 Å². The van der Waals surface area contributed by atoms with Crippen LogP contribution >= 0.6 is 11.3 Å². The van der Waals surface area contributed by atoms with Gasteiger partial charge in [0, 0.05) is 28.6 Å². The van der Waals surface area contributed by atoms with E-state index in [0.29, 0.717) is 10.8 Å². The maximum atomic E-state index is 12.4. The summed E-state index contributed by atoms with van der Waals surface area (Å²) in [6.45, 7) is 2.78. The van der Waals surface area contributed by atoms with Crippen LogP contribution in [0.2, 0.25) is 0 Å². The van der Waals surface area contributed by atoms with Crippen molar-refractivity contribution in [3.8, 4) is 11.3 Å². The number of nitro benzene ring substituents is 1. The number of hydrogen-bond acceptors (Lipinski definition) is 8. The highest BCUT2D eigenvalue weighted by atomic mass is 32.1. The largest absolute Gasteiger partial charge is 0.451 e. The summed E-state index contributed by atoms with van der Waals surface area (Å²) in [5, 5.41) is 18.0. The predicted molar refractivity (Wildman–Crippen MR) is 122 cm³/mol. The number of amides is 2. The molecule has 0 aliphatic carbocycles. The zero-order chi connectivity index (χ0) is 24.0. The standard InChI is InChI=1S/C22H20N4O6S/c1-13(23-20(28)16-9-6-10-17(11-16)26(30)31)21(29)32-14(2)19(27)25-22-24-18(12-33-22)15-7-4-3-5-8-15/h3-14H,1-2H3,(H,23,28)(H,24,25,27)/t13-,14?/m0/s1. The van der Waals surface area contributed by atoms with Gasteiger partial charge < -0.3 is 10.1 Å². The summed E-state index contributed by atoms with van der Waals surface area (Å²) in [6.07, 6.45) is -1.14. The Kier molecular flexibility index (Phi) is 7.46. The number of carbonyl (C=O) groups excluding carboxylic acids is 3. The molecule has 0 aliphatic heterocycles. The normalized spacial score (nSPS) is 12.3. The molecule has 3 rings (SSSR count). The highest BCUT2D eigenvalue weighted by molar-refractivity contribution is 7.14. The molecular weight excluding hydrogens is 448 g/mol. The number of nitro groups is 1. The Bertz CT molecular complexity index is 1180. The molecule has 2 aromatic carbocycles. The van der Waals surface area contributed by atoms with Gasteiger partial charge in [0.05, 0.1) is 10.6 Å². The summed E-state index contributed by atoms with van der Waals surface area (Å²) in [5.41, 5.74) is 1.38. The number of esters is 1. The first-order valence-electron chi connectivity index (χ1n) is 9.82. The Morgan fingerprint density at radius 2 is 1.82 bits per heavy atom. The van der Waals surface area contributed by atoms with Crippen LogP contribution in [-0.2, 0) is 14.3 Å². The monoisotopic (exact) mass is 468 g/mol. The molecule has 11 heteroatoms. The summed E-state index contributed by atoms with van der Waals surface area (Å²) in [6, 6.07) is 13.5. The van der Waals surface area contributed by atoms with Crippen LogP contribution in [0.15, 0.2) is 60.0 Å². The number of rotatable bonds is 8. The third kappa shape index (κ3) is 6.20. The lowest BCUT2D eigenvalue weighted by atomic mass is 10.2. The van der Waals surface area contributed by atoms with Crippen molar-refractivity contribution in [3.63, 3.8) is 0 Å². The lowest BCUT2D eigenvalue weighted by molar-refractivity contribution is -0.384. The number of ether oxygens (including phenoxy) is 1. The van der Waals surface area contributed by atoms with Crippen molar-refractivity contribution in [1.29, 1.82) is 0 Å². The van der Waals surface area contributed by atoms with Gasteiger partial charge in [-0.25, -0.2) is 9.78 Å². The van der Waals surface area contributed by atoms with E-state index in [1.54, 1.807) is 5.38 Å². The van der Waals surface area contributed by atoms with Crippen molar-refractivity contribution in [2.75, 3.05) is 5.32 Å². The van der Waals surface area contributed by atoms with Gasteiger partial charge in [-0.15, -0.1) is 11.3 Å². The minimum absolute atomic E-state index is 0.0210. The Balaban J connectivity index is 1.53. The molecule has 2 atom stereocenters. The summed E-state index contributed by atoms with van der Waals surface area (Å²) in [4.78, 5) is 51.6. The van der Waals surface area contributed by atoms with E-state index < -0.39 is 34.9 Å². The second kappa shape index (κ2) is 10.5. The molecule has 2 N–H and O–H groups in total. The molecule has 0 saturated carbocycles. The van der Waals surface area contributed by atoms with Crippen molar-refractivity contribution in [2.45, 2.75) is 26.0 Å². The Labute approximate surface area is 192 Å². The maximum absolute atomic E-state index is 12.4. The predicted octanol–water partition coefficient (Wildman–Crippen LogP) is 3.41. The van der Waals surface area contributed by atoms with E-state index in [-0.39, 0.29) is 11.3 Å². The maximum Gasteiger partial charge on any atom is 0.329 e. The average Bonchev–Trinajstić information content (AvgIpc) is 3.28. The average molecular weight is 468 g/mol. The van der Waals surface area contributed by atoms with Gasteiger partial charge in [-0.05, 0) is 19.9 Å². The Hall–Kier alpha value is -4.12. The molecule has 1 heterocycles. The van der Waals surface area contributed by atoms with Gasteiger partial charge in [0.2, 0.25) is 0 Å². The van der Waals surface area contributed by atoms with Crippen LogP contribution in [0.3, 0.4) is 0 Å². The zero-order valence-electron chi connectivity index (χ0n) is 17.7. The van der Waals surface area contributed by atoms with Crippen LogP contribution in [0.25, 0.3) is 11.3 Å². The number of hydrogen-bond donors (Lipinski definition) is 2. The zero-order valence-corrected chi connectivity index (χ0v) is 18.5. The fraction of sp³-hybridized carbons (Fsp3) is 0.182. The molecule has 1 unspecified atom stereocenters. The number of thiazole rings is 1. The highest BCUT2D eigenvalue weighted by Crippen LogP contribution is 2.24. The molecule has 1 aromatic heterocycles. The van der Waals surface area contributed by atoms with Crippen molar-refractivity contribution >= 4 is 39.9 Å². The molecule has 0 saturated heterocycles. The Morgan fingerprint density at radius 1 is 1.09 bits per heavy atom. The van der Waals surface area contributed by atoms with Crippen molar-refractivity contribution in [1.82, 2.24) is 10.3 Å². The first-order valence-corrected chi connectivity index (χ1v) is 10.7. The van der Waals surface area contributed by atoms with Crippen LogP contribution in [0.5, 0.6) is 0 Å². The fourth-order valence-corrected chi connectivity index (χ4v) is 3.43. The van der Waals surface area contributed by atoms with Crippen LogP contribution in [0.1, 0.15) is 24.2 Å². The summed E-state index contributed by atoms with van der Waals surface area (Å²) in [7, 11) is 0. The van der Waals surface area contributed by atoms with Gasteiger partial charge in [0.25, 0.3) is 17.5 Å². The van der Waals surface area contributed by atoms with Crippen molar-refractivity contribution in [3.05, 3.63) is 75.7 Å². The summed E-state index contributed by atoms with van der Waals surface area (Å²) >= 11 is 1.24. The summed E-state index contributed by atoms with van der Waals surface area (Å²) in [5.74, 6) is -2.09. The molecule has 2 amide bonds. The second-order valence-corrected chi connectivity index (χ2v) is 7.83. The van der Waals surface area contributed by atoms with E-state index in [1.807, 2.05) is 30.3 Å². The first-order chi connectivity index (χ1) is 15.7. The molecular formula is C22H20N4O6S. The third-order valence-electron chi connectivity index (χ3n) is 4.49. The Morgan fingerprint density at radius 3 is 2.52 bits per heavy atom. The number of benzene rings is 2. The molecule has 0 fully saturated rings. The molecule has 170 valence electrons. The van der Waals surface area contributed by atoms with Crippen molar-refractivity contribution < 1.29 is 24.0 Å². The van der Waals surface area contributed by atoms with E-state index in [2.05, 4.69) is 15.6 Å². The van der Waals surface area contributed by atoms with E-state index in [4.69, 9.17) is 4.74 Å². The number of carbonyl (C=O) groups is 3. The number of nitrogens with one attached hydrogen (secondary N) is 2. The minimum atomic E-state index is -1.14. The minimum Gasteiger partial charge on any atom is -0.451 e. The topological polar surface area (TPSA) is 141 Å². The number of non-ortho nitro benzene ring substituents is 1. The fourth-order valence-electron chi connectivity index (χ4n) is 2.71. The van der Waals surface area contributed by atoms with Crippen LogP contribution < -0.4 is 10.6 Å². The highest BCUT2D eigenvalue weighted by Gasteiger charge is 2.24. The van der Waals surface area contributed by atoms with Gasteiger partial charge in [0.1, 0.15) is 6.04 Å². The number of anilines is 1. The smallest absolute Gasteiger partial charge is 0.329 e. The molecule has 0 bridgehead atoms. The molecule has 0 spiro atoms. The van der Waals surface area contributed by atoms with E-state index in [9.17, 15) is 24.5 Å². The summed E-state index contributed by atoms with van der Waals surface area (Å²) < 4.78 is 5.14. The van der Waals surface area contributed by atoms with Crippen LogP contribution in [0, 0.1) is 10.1 Å². The van der Waals surface area contributed by atoms with Gasteiger partial charge in [-0.3, -0.25) is 25.0 Å². The van der Waals surface area contributed by atoms with Gasteiger partial charge in [0.15, 0.2) is 11.2 Å². The van der Waals surface area contributed by atoms with Gasteiger partial charge >= 0.3 is 5.97 Å². The second-order valence-electron chi connectivity index (χ2n) is 6.97. The van der Waals surface area contributed by atoms with Gasteiger partial charge in [-0.2, -0.15) is 0 Å². The van der Waals surface area contributed by atoms with E-state index in [1.165, 1.54) is 43.4 Å². The van der Waals surface area contributed by atoms with Crippen LogP contribution in [0.4, 0.5) is 10.8 Å². The number of nitrogens with zero attached hydrogens (tertiary/aromatic N) is 2. The van der Waals surface area contributed by atoms with Crippen LogP contribution in [-0.4, -0.2) is 39.8 Å². The van der Waals surface area contributed by atoms with E-state index >= 15 is 0 Å². The molecule has 0 aliphatic rings. The quantitative estimate of drug-likeness (QED) is 0.293. The molecule has 3 aromatic rings. The third-order valence-corrected chi connectivity index (χ3v) is 5.24. The molecule has 0 radical (unpaired) electrons. The lowest BCUT2D eigenvalue weighted by Crippen LogP contribution is -2.42. The molecule has 10 nitrogen and oxygen atoms in total. The number of aromatic nitrogens is 1.